The summed E-state index contributed by atoms with van der Waals surface area (Å²) in [5.41, 5.74) is 1.32. The van der Waals surface area contributed by atoms with Gasteiger partial charge < -0.3 is 0 Å². The summed E-state index contributed by atoms with van der Waals surface area (Å²) in [6.07, 6.45) is 1.31. The van der Waals surface area contributed by atoms with Crippen molar-refractivity contribution < 1.29 is 0 Å². The van der Waals surface area contributed by atoms with Crippen LogP contribution < -0.4 is 0 Å². The molecule has 0 nitrogen and oxygen atoms in total. The van der Waals surface area contributed by atoms with Crippen molar-refractivity contribution in [1.82, 2.24) is 0 Å². The van der Waals surface area contributed by atoms with E-state index in [1.807, 2.05) is 18.2 Å². The molecule has 0 aliphatic rings. The number of aryl methyl sites for hydroxylation is 1. The van der Waals surface area contributed by atoms with E-state index in [4.69, 9.17) is 0 Å². The van der Waals surface area contributed by atoms with E-state index in [1.165, 1.54) is 12.0 Å². The van der Waals surface area contributed by atoms with Crippen molar-refractivity contribution in [2.45, 2.75) is 34.1 Å². The van der Waals surface area contributed by atoms with Crippen LogP contribution in [-0.2, 0) is 0 Å². The lowest BCUT2D eigenvalue weighted by molar-refractivity contribution is 0.626. The topological polar surface area (TPSA) is 0 Å². The Morgan fingerprint density at radius 1 is 1.08 bits per heavy atom. The molecule has 1 aromatic rings. The SMILES string of the molecule is CCC(C)C.Cc1ccccc1. The molecule has 0 bridgehead atoms. The zero-order valence-corrected chi connectivity index (χ0v) is 8.67. The average molecular weight is 164 g/mol. The van der Waals surface area contributed by atoms with E-state index in [0.717, 1.165) is 5.92 Å². The van der Waals surface area contributed by atoms with Gasteiger partial charge in [0.15, 0.2) is 0 Å². The van der Waals surface area contributed by atoms with Crippen LogP contribution in [-0.4, -0.2) is 0 Å². The highest BCUT2D eigenvalue weighted by Crippen LogP contribution is 1.94. The maximum Gasteiger partial charge on any atom is -0.0398 e. The second-order valence-corrected chi connectivity index (χ2v) is 3.46. The van der Waals surface area contributed by atoms with Crippen molar-refractivity contribution in [3.05, 3.63) is 35.9 Å². The fourth-order valence-electron chi connectivity index (χ4n) is 0.534. The second kappa shape index (κ2) is 6.90. The fourth-order valence-corrected chi connectivity index (χ4v) is 0.534. The van der Waals surface area contributed by atoms with Crippen LogP contribution in [0.5, 0.6) is 0 Å². The third-order valence-electron chi connectivity index (χ3n) is 1.76. The molecule has 0 aromatic heterocycles. The first-order valence-corrected chi connectivity index (χ1v) is 4.68. The molecule has 0 atom stereocenters. The molecular formula is C12H20. The van der Waals surface area contributed by atoms with Gasteiger partial charge in [0.2, 0.25) is 0 Å². The third-order valence-corrected chi connectivity index (χ3v) is 1.76. The molecule has 1 rings (SSSR count). The number of rotatable bonds is 1. The van der Waals surface area contributed by atoms with Crippen molar-refractivity contribution in [2.75, 3.05) is 0 Å². The Morgan fingerprint density at radius 2 is 1.50 bits per heavy atom. The predicted octanol–water partition coefficient (Wildman–Crippen LogP) is 4.05. The van der Waals surface area contributed by atoms with E-state index >= 15 is 0 Å². The highest BCUT2D eigenvalue weighted by atomic mass is 13.9. The Morgan fingerprint density at radius 3 is 1.67 bits per heavy atom. The summed E-state index contributed by atoms with van der Waals surface area (Å²) in [6.45, 7) is 8.73. The maximum atomic E-state index is 2.22. The Kier molecular flexibility index (Phi) is 6.45. The Labute approximate surface area is 76.6 Å². The largest absolute Gasteiger partial charge is 0.0651 e. The first-order valence-electron chi connectivity index (χ1n) is 4.68. The van der Waals surface area contributed by atoms with Gasteiger partial charge >= 0.3 is 0 Å². The smallest absolute Gasteiger partial charge is 0.0398 e. The molecular weight excluding hydrogens is 144 g/mol. The molecule has 0 N–H and O–H groups in total. The molecule has 0 saturated carbocycles. The van der Waals surface area contributed by atoms with Gasteiger partial charge in [0.1, 0.15) is 0 Å². The minimum absolute atomic E-state index is 0.884. The van der Waals surface area contributed by atoms with E-state index in [1.54, 1.807) is 0 Å². The highest BCUT2D eigenvalue weighted by molar-refractivity contribution is 5.11. The Balaban J connectivity index is 0.000000217. The molecule has 1 aromatic carbocycles. The van der Waals surface area contributed by atoms with Crippen LogP contribution >= 0.6 is 0 Å². The lowest BCUT2D eigenvalue weighted by Gasteiger charge is -1.90. The number of benzene rings is 1. The van der Waals surface area contributed by atoms with Crippen molar-refractivity contribution in [3.8, 4) is 0 Å². The van der Waals surface area contributed by atoms with Crippen LogP contribution in [0.4, 0.5) is 0 Å². The summed E-state index contributed by atoms with van der Waals surface area (Å²) in [5, 5.41) is 0. The van der Waals surface area contributed by atoms with E-state index < -0.39 is 0 Å². The van der Waals surface area contributed by atoms with Crippen molar-refractivity contribution in [2.24, 2.45) is 5.92 Å². The normalized spacial score (nSPS) is 9.08. The van der Waals surface area contributed by atoms with Crippen LogP contribution in [0.25, 0.3) is 0 Å². The van der Waals surface area contributed by atoms with Crippen LogP contribution in [0.2, 0.25) is 0 Å². The number of hydrogen-bond donors (Lipinski definition) is 0. The standard InChI is InChI=1S/C7H8.C5H12/c1-7-5-3-2-4-6-7;1-4-5(2)3/h2-6H,1H3;5H,4H2,1-3H3. The summed E-state index contributed by atoms with van der Waals surface area (Å²) in [5.74, 6) is 0.884. The first kappa shape index (κ1) is 11.2. The molecule has 0 saturated heterocycles. The van der Waals surface area contributed by atoms with Gasteiger partial charge in [-0.05, 0) is 12.8 Å². The van der Waals surface area contributed by atoms with Crippen LogP contribution in [0, 0.1) is 12.8 Å². The molecule has 0 heterocycles. The van der Waals surface area contributed by atoms with Gasteiger partial charge in [0.25, 0.3) is 0 Å². The molecule has 0 aliphatic heterocycles. The quantitative estimate of drug-likeness (QED) is 0.587. The summed E-state index contributed by atoms with van der Waals surface area (Å²) in [7, 11) is 0. The van der Waals surface area contributed by atoms with Gasteiger partial charge in [-0.2, -0.15) is 0 Å². The molecule has 0 unspecified atom stereocenters. The first-order chi connectivity index (χ1) is 5.66. The Hall–Kier alpha value is -0.780. The van der Waals surface area contributed by atoms with Crippen LogP contribution in [0.1, 0.15) is 32.8 Å². The number of hydrogen-bond acceptors (Lipinski definition) is 0. The van der Waals surface area contributed by atoms with Gasteiger partial charge in [-0.25, -0.2) is 0 Å². The molecule has 0 spiro atoms. The highest BCUT2D eigenvalue weighted by Gasteiger charge is 1.80. The molecule has 68 valence electrons. The van der Waals surface area contributed by atoms with Crippen LogP contribution in [0.3, 0.4) is 0 Å². The lowest BCUT2D eigenvalue weighted by atomic mass is 10.2. The minimum Gasteiger partial charge on any atom is -0.0651 e. The van der Waals surface area contributed by atoms with Crippen LogP contribution in [0.15, 0.2) is 30.3 Å². The zero-order valence-electron chi connectivity index (χ0n) is 8.67. The van der Waals surface area contributed by atoms with Gasteiger partial charge in [-0.1, -0.05) is 63.1 Å². The summed E-state index contributed by atoms with van der Waals surface area (Å²) < 4.78 is 0. The monoisotopic (exact) mass is 164 g/mol. The Bertz CT molecular complexity index is 174. The average Bonchev–Trinajstić information content (AvgIpc) is 2.07. The summed E-state index contributed by atoms with van der Waals surface area (Å²) in [6, 6.07) is 10.3. The molecule has 12 heavy (non-hydrogen) atoms. The maximum absolute atomic E-state index is 2.22. The summed E-state index contributed by atoms with van der Waals surface area (Å²) in [4.78, 5) is 0. The summed E-state index contributed by atoms with van der Waals surface area (Å²) >= 11 is 0. The minimum atomic E-state index is 0.884. The van der Waals surface area contributed by atoms with Gasteiger partial charge in [0, 0.05) is 0 Å². The fraction of sp³-hybridized carbons (Fsp3) is 0.500. The van der Waals surface area contributed by atoms with Crippen molar-refractivity contribution in [3.63, 3.8) is 0 Å². The molecule has 0 aliphatic carbocycles. The van der Waals surface area contributed by atoms with Crippen molar-refractivity contribution in [1.29, 1.82) is 0 Å². The molecule has 0 amide bonds. The third kappa shape index (κ3) is 7.33. The molecule has 0 heteroatoms. The van der Waals surface area contributed by atoms with Gasteiger partial charge in [-0.15, -0.1) is 0 Å². The molecule has 0 fully saturated rings. The van der Waals surface area contributed by atoms with Gasteiger partial charge in [-0.3, -0.25) is 0 Å². The molecule has 0 radical (unpaired) electrons. The van der Waals surface area contributed by atoms with Gasteiger partial charge in [0.05, 0.1) is 0 Å². The van der Waals surface area contributed by atoms with E-state index in [9.17, 15) is 0 Å². The van der Waals surface area contributed by atoms with E-state index in [0.29, 0.717) is 0 Å². The van der Waals surface area contributed by atoms with E-state index in [-0.39, 0.29) is 0 Å². The lowest BCUT2D eigenvalue weighted by Crippen LogP contribution is -1.77. The predicted molar refractivity (Wildman–Crippen MR) is 56.3 cm³/mol. The van der Waals surface area contributed by atoms with E-state index in [2.05, 4.69) is 39.8 Å². The zero-order chi connectivity index (χ0) is 9.40. The second-order valence-electron chi connectivity index (χ2n) is 3.46. The van der Waals surface area contributed by atoms with Crippen molar-refractivity contribution >= 4 is 0 Å².